The molecule has 6 atom stereocenters. The predicted octanol–water partition coefficient (Wildman–Crippen LogP) is 5.39. The molecular weight excluding hydrogens is 364 g/mol. The molecule has 0 aromatic rings. The van der Waals surface area contributed by atoms with Gasteiger partial charge in [0, 0.05) is 25.2 Å². The monoisotopic (exact) mass is 400 g/mol. The number of allylic oxidation sites excluding steroid dienone is 1. The number of hydrogen-bond donors (Lipinski definition) is 0. The number of hydrogen-bond acceptors (Lipinski definition) is 4. The molecule has 3 fully saturated rings. The van der Waals surface area contributed by atoms with E-state index >= 15 is 0 Å². The SMILES string of the molecule is CCCC[C@H]1CC(=O)[C@@]2(C)CC[C@H]3[C@@H](CCC4=C(OC(C)=O)C(=O)CC[C@@]43C)[C@H]12. The third-order valence-corrected chi connectivity index (χ3v) is 9.09. The lowest BCUT2D eigenvalue weighted by Crippen LogP contribution is -2.52. The number of ketones is 2. The maximum atomic E-state index is 13.0. The Balaban J connectivity index is 1.70. The number of esters is 1. The zero-order valence-electron chi connectivity index (χ0n) is 18.5. The highest BCUT2D eigenvalue weighted by Crippen LogP contribution is 2.66. The fourth-order valence-corrected chi connectivity index (χ4v) is 7.72. The minimum absolute atomic E-state index is 0.0105. The fourth-order valence-electron chi connectivity index (χ4n) is 7.72. The summed E-state index contributed by atoms with van der Waals surface area (Å²) in [5.74, 6) is 2.46. The van der Waals surface area contributed by atoms with Gasteiger partial charge >= 0.3 is 5.97 Å². The second kappa shape index (κ2) is 7.35. The van der Waals surface area contributed by atoms with Gasteiger partial charge in [-0.1, -0.05) is 33.6 Å². The summed E-state index contributed by atoms with van der Waals surface area (Å²) in [4.78, 5) is 37.2. The van der Waals surface area contributed by atoms with E-state index in [4.69, 9.17) is 4.74 Å². The van der Waals surface area contributed by atoms with Crippen LogP contribution in [0.25, 0.3) is 0 Å². The number of fused-ring (bicyclic) bond motifs is 5. The van der Waals surface area contributed by atoms with Gasteiger partial charge < -0.3 is 4.74 Å². The zero-order valence-corrected chi connectivity index (χ0v) is 18.5. The molecule has 3 saturated carbocycles. The first-order valence-electron chi connectivity index (χ1n) is 11.7. The van der Waals surface area contributed by atoms with Gasteiger partial charge in [0.05, 0.1) is 0 Å². The minimum Gasteiger partial charge on any atom is -0.423 e. The molecule has 4 aliphatic rings. The number of unbranched alkanes of at least 4 members (excludes halogenated alkanes) is 1. The Labute approximate surface area is 174 Å². The second-order valence-electron chi connectivity index (χ2n) is 10.6. The summed E-state index contributed by atoms with van der Waals surface area (Å²) < 4.78 is 5.45. The Kier molecular flexibility index (Phi) is 5.28. The zero-order chi connectivity index (χ0) is 21.0. The van der Waals surface area contributed by atoms with Crippen LogP contribution in [0.3, 0.4) is 0 Å². The van der Waals surface area contributed by atoms with Crippen LogP contribution in [0.2, 0.25) is 0 Å². The number of Topliss-reactive ketones (excluding diaryl/α,β-unsaturated/α-hetero) is 2. The highest BCUT2D eigenvalue weighted by atomic mass is 16.5. The summed E-state index contributed by atoms with van der Waals surface area (Å²) in [6.45, 7) is 8.15. The van der Waals surface area contributed by atoms with Crippen molar-refractivity contribution in [1.29, 1.82) is 0 Å². The van der Waals surface area contributed by atoms with Gasteiger partial charge in [-0.15, -0.1) is 0 Å². The second-order valence-corrected chi connectivity index (χ2v) is 10.6. The van der Waals surface area contributed by atoms with E-state index in [9.17, 15) is 14.4 Å². The van der Waals surface area contributed by atoms with E-state index in [-0.39, 0.29) is 16.6 Å². The molecule has 0 aromatic carbocycles. The van der Waals surface area contributed by atoms with Crippen molar-refractivity contribution in [3.8, 4) is 0 Å². The largest absolute Gasteiger partial charge is 0.423 e. The summed E-state index contributed by atoms with van der Waals surface area (Å²) >= 11 is 0. The number of carbonyl (C=O) groups excluding carboxylic acids is 3. The molecule has 0 aromatic heterocycles. The van der Waals surface area contributed by atoms with Crippen molar-refractivity contribution in [3.05, 3.63) is 11.3 Å². The van der Waals surface area contributed by atoms with Crippen LogP contribution in [0.15, 0.2) is 11.3 Å². The molecule has 0 heterocycles. The van der Waals surface area contributed by atoms with Crippen LogP contribution in [0, 0.1) is 34.5 Å². The molecule has 4 nitrogen and oxygen atoms in total. The smallest absolute Gasteiger partial charge is 0.308 e. The minimum atomic E-state index is -0.399. The van der Waals surface area contributed by atoms with E-state index in [0.29, 0.717) is 41.6 Å². The van der Waals surface area contributed by atoms with E-state index in [1.807, 2.05) is 0 Å². The van der Waals surface area contributed by atoms with Crippen LogP contribution in [-0.2, 0) is 19.1 Å². The van der Waals surface area contributed by atoms with Gasteiger partial charge in [-0.05, 0) is 73.2 Å². The standard InChI is InChI=1S/C25H36O4/c1-5-6-7-16-14-21(28)25(4)12-10-18-17(22(16)25)8-9-19-23(29-15(2)26)20(27)11-13-24(18,19)3/h16-18,22H,5-14H2,1-4H3/t16-,17+,18-,22-,24+,25+/m0/s1. The van der Waals surface area contributed by atoms with Crippen molar-refractivity contribution in [1.82, 2.24) is 0 Å². The van der Waals surface area contributed by atoms with Crippen LogP contribution in [0.4, 0.5) is 0 Å². The van der Waals surface area contributed by atoms with E-state index < -0.39 is 5.97 Å². The summed E-state index contributed by atoms with van der Waals surface area (Å²) in [6.07, 6.45) is 9.50. The van der Waals surface area contributed by atoms with E-state index in [1.165, 1.54) is 26.2 Å². The highest BCUT2D eigenvalue weighted by Gasteiger charge is 2.62. The quantitative estimate of drug-likeness (QED) is 0.593. The molecule has 0 aliphatic heterocycles. The Morgan fingerprint density at radius 1 is 1.10 bits per heavy atom. The first-order valence-corrected chi connectivity index (χ1v) is 11.7. The van der Waals surface area contributed by atoms with Crippen LogP contribution in [0.1, 0.15) is 91.9 Å². The molecule has 0 bridgehead atoms. The molecule has 4 aliphatic carbocycles. The van der Waals surface area contributed by atoms with Crippen molar-refractivity contribution in [3.63, 3.8) is 0 Å². The molecule has 0 unspecified atom stereocenters. The molecule has 0 N–H and O–H groups in total. The molecule has 4 rings (SSSR count). The fraction of sp³-hybridized carbons (Fsp3) is 0.800. The number of rotatable bonds is 4. The van der Waals surface area contributed by atoms with Crippen molar-refractivity contribution in [2.75, 3.05) is 0 Å². The summed E-state index contributed by atoms with van der Waals surface area (Å²) in [7, 11) is 0. The van der Waals surface area contributed by atoms with Gasteiger partial charge in [0.2, 0.25) is 0 Å². The highest BCUT2D eigenvalue weighted by molar-refractivity contribution is 5.97. The summed E-state index contributed by atoms with van der Waals surface area (Å²) in [6, 6.07) is 0. The predicted molar refractivity (Wildman–Crippen MR) is 111 cm³/mol. The lowest BCUT2D eigenvalue weighted by atomic mass is 9.46. The van der Waals surface area contributed by atoms with E-state index in [1.54, 1.807) is 0 Å². The first kappa shape index (κ1) is 20.8. The number of ether oxygens (including phenoxy) is 1. The lowest BCUT2D eigenvalue weighted by Gasteiger charge is -2.57. The molecular formula is C25H36O4. The van der Waals surface area contributed by atoms with Crippen LogP contribution in [-0.4, -0.2) is 17.5 Å². The Hall–Kier alpha value is -1.45. The van der Waals surface area contributed by atoms with Gasteiger partial charge in [-0.2, -0.15) is 0 Å². The van der Waals surface area contributed by atoms with Crippen molar-refractivity contribution in [2.45, 2.75) is 91.9 Å². The average molecular weight is 401 g/mol. The van der Waals surface area contributed by atoms with Gasteiger partial charge in [-0.25, -0.2) is 0 Å². The van der Waals surface area contributed by atoms with Crippen molar-refractivity contribution in [2.24, 2.45) is 34.5 Å². The molecule has 4 heteroatoms. The van der Waals surface area contributed by atoms with Gasteiger partial charge in [0.15, 0.2) is 11.5 Å². The van der Waals surface area contributed by atoms with Gasteiger partial charge in [0.25, 0.3) is 0 Å². The summed E-state index contributed by atoms with van der Waals surface area (Å²) in [5.41, 5.74) is 0.854. The lowest BCUT2D eigenvalue weighted by molar-refractivity contribution is -0.143. The van der Waals surface area contributed by atoms with E-state index in [0.717, 1.165) is 44.1 Å². The Morgan fingerprint density at radius 3 is 2.55 bits per heavy atom. The third-order valence-electron chi connectivity index (χ3n) is 9.09. The van der Waals surface area contributed by atoms with E-state index in [2.05, 4.69) is 20.8 Å². The third kappa shape index (κ3) is 3.13. The topological polar surface area (TPSA) is 60.4 Å². The average Bonchev–Trinajstić information content (AvgIpc) is 2.93. The molecule has 0 spiro atoms. The number of carbonyl (C=O) groups is 3. The maximum Gasteiger partial charge on any atom is 0.308 e. The molecule has 29 heavy (non-hydrogen) atoms. The van der Waals surface area contributed by atoms with Gasteiger partial charge in [0.1, 0.15) is 5.78 Å². The normalized spacial score (nSPS) is 41.7. The Bertz CT molecular complexity index is 765. The van der Waals surface area contributed by atoms with Gasteiger partial charge in [-0.3, -0.25) is 14.4 Å². The first-order chi connectivity index (χ1) is 13.7. The van der Waals surface area contributed by atoms with Crippen LogP contribution >= 0.6 is 0 Å². The Morgan fingerprint density at radius 2 is 1.86 bits per heavy atom. The molecule has 0 amide bonds. The van der Waals surface area contributed by atoms with Crippen LogP contribution in [0.5, 0.6) is 0 Å². The van der Waals surface area contributed by atoms with Crippen LogP contribution < -0.4 is 0 Å². The molecule has 160 valence electrons. The molecule has 0 radical (unpaired) electrons. The molecule has 0 saturated heterocycles. The van der Waals surface area contributed by atoms with Crippen molar-refractivity contribution < 1.29 is 19.1 Å². The van der Waals surface area contributed by atoms with Crippen molar-refractivity contribution >= 4 is 17.5 Å². The maximum absolute atomic E-state index is 13.0. The summed E-state index contributed by atoms with van der Waals surface area (Å²) in [5, 5.41) is 0.